The zero-order valence-electron chi connectivity index (χ0n) is 31.6. The fourth-order valence-corrected chi connectivity index (χ4v) is 8.34. The molecule has 1 unspecified atom stereocenters. The van der Waals surface area contributed by atoms with Gasteiger partial charge in [-0.25, -0.2) is 13.9 Å². The number of hydrogen-bond acceptors (Lipinski definition) is 10. The van der Waals surface area contributed by atoms with Crippen LogP contribution in [-0.2, 0) is 33.7 Å². The largest absolute Gasteiger partial charge is 0.497 e. The Balaban J connectivity index is 1.43. The van der Waals surface area contributed by atoms with Gasteiger partial charge in [-0.15, -0.1) is 6.58 Å². The maximum Gasteiger partial charge on any atom is 0.362 e. The quantitative estimate of drug-likeness (QED) is 0.224. The number of nitrogens with zero attached hydrogens (tertiary/aromatic N) is 2. The molecule has 5 rings (SSSR count). The number of pyridine rings is 1. The number of ketones is 2. The number of benzene rings is 1. The Morgan fingerprint density at radius 2 is 1.81 bits per heavy atom. The Kier molecular flexibility index (Phi) is 10.7. The number of methoxy groups -OCH3 is 1. The molecule has 2 aliphatic carbocycles. The lowest BCUT2D eigenvalue weighted by Crippen LogP contribution is -2.48. The molecule has 2 aromatic rings. The third kappa shape index (κ3) is 9.02. The van der Waals surface area contributed by atoms with Crippen molar-refractivity contribution in [2.45, 2.75) is 111 Å². The summed E-state index contributed by atoms with van der Waals surface area (Å²) in [4.78, 5) is 61.8. The van der Waals surface area contributed by atoms with Crippen molar-refractivity contribution in [2.75, 3.05) is 13.7 Å². The van der Waals surface area contributed by atoms with Gasteiger partial charge in [0.1, 0.15) is 17.6 Å². The Morgan fingerprint density at radius 3 is 2.38 bits per heavy atom. The van der Waals surface area contributed by atoms with E-state index in [0.717, 1.165) is 10.8 Å². The van der Waals surface area contributed by atoms with Crippen molar-refractivity contribution < 1.29 is 41.3 Å². The summed E-state index contributed by atoms with van der Waals surface area (Å²) in [6.07, 6.45) is 3.94. The van der Waals surface area contributed by atoms with Crippen LogP contribution in [0.25, 0.3) is 10.8 Å². The second kappa shape index (κ2) is 14.2. The Morgan fingerprint density at radius 1 is 1.12 bits per heavy atom. The molecule has 2 saturated carbocycles. The molecule has 13 heteroatoms. The van der Waals surface area contributed by atoms with Gasteiger partial charge >= 0.3 is 10.3 Å². The van der Waals surface area contributed by atoms with E-state index in [1.807, 2.05) is 64.5 Å². The molecule has 2 heterocycles. The number of ether oxygens (including phenoxy) is 2. The number of rotatable bonds is 15. The van der Waals surface area contributed by atoms with Gasteiger partial charge < -0.3 is 14.4 Å². The van der Waals surface area contributed by atoms with Crippen molar-refractivity contribution in [3.8, 4) is 11.6 Å². The van der Waals surface area contributed by atoms with Crippen molar-refractivity contribution in [3.63, 3.8) is 0 Å². The van der Waals surface area contributed by atoms with E-state index in [-0.39, 0.29) is 49.3 Å². The highest BCUT2D eigenvalue weighted by atomic mass is 32.2. The molecule has 1 aromatic heterocycles. The average molecular weight is 740 g/mol. The molecular weight excluding hydrogens is 687 g/mol. The highest BCUT2D eigenvalue weighted by molar-refractivity contribution is 7.85. The van der Waals surface area contributed by atoms with Gasteiger partial charge in [0.15, 0.2) is 5.78 Å². The number of Topliss-reactive ketones (excluding diaryl/α,β-unsaturated/α-hetero) is 2. The van der Waals surface area contributed by atoms with Crippen LogP contribution in [-0.4, -0.2) is 73.1 Å². The molecule has 0 spiro atoms. The fourth-order valence-electron chi connectivity index (χ4n) is 7.17. The number of nitrogens with one attached hydrogen (secondary N) is 1. The summed E-state index contributed by atoms with van der Waals surface area (Å²) in [5, 5.41) is 1.56. The van der Waals surface area contributed by atoms with E-state index in [0.29, 0.717) is 30.9 Å². The van der Waals surface area contributed by atoms with Gasteiger partial charge in [0.25, 0.3) is 0 Å². The lowest BCUT2D eigenvalue weighted by Gasteiger charge is -2.35. The molecule has 3 aliphatic rings. The molecule has 284 valence electrons. The standard InChI is InChI=1S/C39H53N3O9S/c1-10-25-20-39(25,35(46)41-52(47,48)51-38(8)14-15-38)22-32(44)31-19-28(50-33-29-12-11-27(49-9)17-24(29)13-16-40-33)23-42(31)34(45)30(37(5,6)7)18-26(43)21-36(2,3)4/h10-13,16-17,25,28,30-31H,1,14-15,18-23H2,2-9H3,(H,41,46)/t25-,28-,30-,31?,39-/m1/s1. The lowest BCUT2D eigenvalue weighted by atomic mass is 9.75. The van der Waals surface area contributed by atoms with Gasteiger partial charge in [0.2, 0.25) is 17.7 Å². The van der Waals surface area contributed by atoms with Crippen LogP contribution < -0.4 is 14.2 Å². The lowest BCUT2D eigenvalue weighted by molar-refractivity contribution is -0.146. The number of amides is 2. The van der Waals surface area contributed by atoms with Gasteiger partial charge in [-0.1, -0.05) is 47.6 Å². The van der Waals surface area contributed by atoms with Crippen molar-refractivity contribution in [1.29, 1.82) is 0 Å². The van der Waals surface area contributed by atoms with Crippen molar-refractivity contribution in [1.82, 2.24) is 14.6 Å². The summed E-state index contributed by atoms with van der Waals surface area (Å²) in [6, 6.07) is 6.32. The summed E-state index contributed by atoms with van der Waals surface area (Å²) >= 11 is 0. The van der Waals surface area contributed by atoms with Crippen molar-refractivity contribution >= 4 is 44.5 Å². The molecule has 1 N–H and O–H groups in total. The van der Waals surface area contributed by atoms with Crippen LogP contribution in [0.5, 0.6) is 11.6 Å². The number of hydrogen-bond donors (Lipinski definition) is 1. The molecule has 0 radical (unpaired) electrons. The minimum atomic E-state index is -4.42. The molecule has 12 nitrogen and oxygen atoms in total. The van der Waals surface area contributed by atoms with Crippen LogP contribution in [0.2, 0.25) is 0 Å². The van der Waals surface area contributed by atoms with E-state index in [1.165, 1.54) is 4.90 Å². The van der Waals surface area contributed by atoms with Gasteiger partial charge in [0.05, 0.1) is 30.7 Å². The number of fused-ring (bicyclic) bond motifs is 1. The van der Waals surface area contributed by atoms with Crippen LogP contribution in [0.1, 0.15) is 93.4 Å². The highest BCUT2D eigenvalue weighted by Gasteiger charge is 2.61. The summed E-state index contributed by atoms with van der Waals surface area (Å²) in [5.41, 5.74) is -3.10. The second-order valence-electron chi connectivity index (χ2n) is 17.3. The van der Waals surface area contributed by atoms with Gasteiger partial charge in [-0.3, -0.25) is 19.2 Å². The minimum Gasteiger partial charge on any atom is -0.497 e. The first kappa shape index (κ1) is 39.4. The predicted molar refractivity (Wildman–Crippen MR) is 196 cm³/mol. The first-order chi connectivity index (χ1) is 24.1. The molecule has 3 fully saturated rings. The third-order valence-corrected chi connectivity index (χ3v) is 11.5. The Labute approximate surface area is 307 Å². The molecule has 0 bridgehead atoms. The molecule has 1 saturated heterocycles. The zero-order valence-corrected chi connectivity index (χ0v) is 32.4. The molecular formula is C39H53N3O9S. The number of carbonyl (C=O) groups excluding carboxylic acids is 4. The summed E-state index contributed by atoms with van der Waals surface area (Å²) in [7, 11) is -2.84. The van der Waals surface area contributed by atoms with Crippen LogP contribution >= 0.6 is 0 Å². The predicted octanol–water partition coefficient (Wildman–Crippen LogP) is 5.73. The summed E-state index contributed by atoms with van der Waals surface area (Å²) < 4.78 is 44.6. The number of aromatic nitrogens is 1. The van der Waals surface area contributed by atoms with E-state index < -0.39 is 62.4 Å². The first-order valence-electron chi connectivity index (χ1n) is 17.9. The van der Waals surface area contributed by atoms with E-state index in [1.54, 1.807) is 32.4 Å². The maximum absolute atomic E-state index is 14.6. The Bertz CT molecular complexity index is 1860. The van der Waals surface area contributed by atoms with Crippen molar-refractivity contribution in [2.24, 2.45) is 28.1 Å². The van der Waals surface area contributed by atoms with Crippen LogP contribution in [0.15, 0.2) is 43.1 Å². The zero-order chi connectivity index (χ0) is 38.4. The molecule has 1 aliphatic heterocycles. The first-order valence-corrected chi connectivity index (χ1v) is 19.3. The van der Waals surface area contributed by atoms with E-state index >= 15 is 0 Å². The topological polar surface area (TPSA) is 158 Å². The second-order valence-corrected chi connectivity index (χ2v) is 18.6. The number of allylic oxidation sites excluding steroid dienone is 1. The molecule has 1 aromatic carbocycles. The van der Waals surface area contributed by atoms with Crippen LogP contribution in [0.4, 0.5) is 0 Å². The molecule has 52 heavy (non-hydrogen) atoms. The molecule has 2 amide bonds. The van der Waals surface area contributed by atoms with Crippen molar-refractivity contribution in [3.05, 3.63) is 43.1 Å². The van der Waals surface area contributed by atoms with Gasteiger partial charge in [0, 0.05) is 43.2 Å². The third-order valence-electron chi connectivity index (χ3n) is 10.5. The highest BCUT2D eigenvalue weighted by Crippen LogP contribution is 2.57. The summed E-state index contributed by atoms with van der Waals surface area (Å²) in [5.74, 6) is -1.82. The number of likely N-dealkylation sites (tertiary alicyclic amines) is 1. The SMILES string of the molecule is C=C[C@@H]1C[C@]1(CC(=O)C1C[C@@H](Oc2nccc3cc(OC)ccc23)CN1C(=O)[C@@H](CC(=O)CC(C)(C)C)C(C)(C)C)C(=O)NS(=O)(=O)OC1(C)CC1. The fraction of sp³-hybridized carbons (Fsp3) is 0.615. The Hall–Kier alpha value is -3.84. The smallest absolute Gasteiger partial charge is 0.362 e. The normalized spacial score (nSPS) is 24.5. The number of carbonyl (C=O) groups is 4. The average Bonchev–Trinajstić information content (AvgIpc) is 3.90. The maximum atomic E-state index is 14.6. The van der Waals surface area contributed by atoms with Gasteiger partial charge in [-0.05, 0) is 72.6 Å². The van der Waals surface area contributed by atoms with Crippen LogP contribution in [0, 0.1) is 28.1 Å². The van der Waals surface area contributed by atoms with E-state index in [2.05, 4.69) is 11.6 Å². The molecule has 5 atom stereocenters. The van der Waals surface area contributed by atoms with E-state index in [9.17, 15) is 27.6 Å². The monoisotopic (exact) mass is 739 g/mol. The minimum absolute atomic E-state index is 0.0108. The summed E-state index contributed by atoms with van der Waals surface area (Å²) in [6.45, 7) is 17.1. The van der Waals surface area contributed by atoms with Gasteiger partial charge in [-0.2, -0.15) is 8.42 Å². The van der Waals surface area contributed by atoms with Crippen LogP contribution in [0.3, 0.4) is 0 Å². The van der Waals surface area contributed by atoms with E-state index in [4.69, 9.17) is 13.7 Å².